The van der Waals surface area contributed by atoms with E-state index in [0.29, 0.717) is 25.7 Å². The Balaban J connectivity index is 5.23. The van der Waals surface area contributed by atoms with Crippen LogP contribution in [0.25, 0.3) is 0 Å². The monoisotopic (exact) mass is 1350 g/mol. The molecule has 0 amide bonds. The van der Waals surface area contributed by atoms with E-state index in [1.807, 2.05) is 0 Å². The van der Waals surface area contributed by atoms with Crippen LogP contribution in [-0.4, -0.2) is 96.7 Å². The van der Waals surface area contributed by atoms with Crippen molar-refractivity contribution >= 4 is 39.5 Å². The highest BCUT2D eigenvalue weighted by Crippen LogP contribution is 2.45. The molecule has 3 unspecified atom stereocenters. The average molecular weight is 1350 g/mol. The van der Waals surface area contributed by atoms with E-state index in [4.69, 9.17) is 37.0 Å². The summed E-state index contributed by atoms with van der Waals surface area (Å²) in [6.07, 6.45) is 56.5. The van der Waals surface area contributed by atoms with Gasteiger partial charge < -0.3 is 33.8 Å². The topological polar surface area (TPSA) is 237 Å². The zero-order valence-corrected chi connectivity index (χ0v) is 61.0. The lowest BCUT2D eigenvalue weighted by molar-refractivity contribution is -0.161. The molecule has 0 aliphatic heterocycles. The van der Waals surface area contributed by atoms with E-state index in [0.717, 1.165) is 121 Å². The van der Waals surface area contributed by atoms with Crippen LogP contribution >= 0.6 is 15.6 Å². The zero-order chi connectivity index (χ0) is 67.7. The lowest BCUT2D eigenvalue weighted by Crippen LogP contribution is -2.30. The predicted molar refractivity (Wildman–Crippen MR) is 372 cm³/mol. The molecule has 0 fully saturated rings. The van der Waals surface area contributed by atoms with E-state index in [1.54, 1.807) is 0 Å². The lowest BCUT2D eigenvalue weighted by atomic mass is 10.00. The number of allylic oxidation sites excluding steroid dienone is 4. The van der Waals surface area contributed by atoms with E-state index < -0.39 is 97.5 Å². The highest BCUT2D eigenvalue weighted by atomic mass is 31.2. The first-order chi connectivity index (χ1) is 44.6. The van der Waals surface area contributed by atoms with Gasteiger partial charge in [-0.05, 0) is 57.3 Å². The summed E-state index contributed by atoms with van der Waals surface area (Å²) in [4.78, 5) is 72.5. The molecule has 92 heavy (non-hydrogen) atoms. The third-order valence-corrected chi connectivity index (χ3v) is 18.7. The molecule has 0 heterocycles. The Labute approximate surface area is 561 Å². The van der Waals surface area contributed by atoms with Crippen molar-refractivity contribution in [2.75, 3.05) is 39.6 Å². The number of carbonyl (C=O) groups is 4. The third kappa shape index (κ3) is 64.9. The van der Waals surface area contributed by atoms with Gasteiger partial charge in [0.1, 0.15) is 19.3 Å². The third-order valence-electron chi connectivity index (χ3n) is 16.8. The Morgan fingerprint density at radius 2 is 0.609 bits per heavy atom. The van der Waals surface area contributed by atoms with E-state index in [1.165, 1.54) is 154 Å². The molecule has 0 aliphatic rings. The van der Waals surface area contributed by atoms with Crippen molar-refractivity contribution in [1.82, 2.24) is 0 Å². The Bertz CT molecular complexity index is 1870. The molecule has 17 nitrogen and oxygen atoms in total. The first-order valence-electron chi connectivity index (χ1n) is 37.5. The molecule has 3 N–H and O–H groups in total. The van der Waals surface area contributed by atoms with Crippen LogP contribution < -0.4 is 0 Å². The number of aliphatic hydroxyl groups excluding tert-OH is 1. The lowest BCUT2D eigenvalue weighted by Gasteiger charge is -2.21. The summed E-state index contributed by atoms with van der Waals surface area (Å²) < 4.78 is 68.2. The maximum Gasteiger partial charge on any atom is 0.472 e. The zero-order valence-electron chi connectivity index (χ0n) is 59.2. The summed E-state index contributed by atoms with van der Waals surface area (Å²) in [5.41, 5.74) is 0. The fourth-order valence-electron chi connectivity index (χ4n) is 10.6. The van der Waals surface area contributed by atoms with Gasteiger partial charge in [-0.1, -0.05) is 303 Å². The van der Waals surface area contributed by atoms with Gasteiger partial charge >= 0.3 is 39.5 Å². The number of unbranched alkanes of at least 4 members (excludes halogenated alkanes) is 39. The molecule has 6 atom stereocenters. The van der Waals surface area contributed by atoms with E-state index in [-0.39, 0.29) is 25.7 Å². The number of hydrogen-bond acceptors (Lipinski definition) is 15. The first-order valence-corrected chi connectivity index (χ1v) is 40.5. The van der Waals surface area contributed by atoms with Crippen molar-refractivity contribution in [3.63, 3.8) is 0 Å². The number of esters is 4. The van der Waals surface area contributed by atoms with E-state index in [9.17, 15) is 43.2 Å². The fourth-order valence-corrected chi connectivity index (χ4v) is 12.2. The summed E-state index contributed by atoms with van der Waals surface area (Å²) >= 11 is 0. The molecule has 542 valence electrons. The number of carbonyl (C=O) groups excluding carboxylic acids is 4. The normalized spacial score (nSPS) is 14.5. The van der Waals surface area contributed by atoms with Gasteiger partial charge in [-0.2, -0.15) is 0 Å². The molecule has 19 heteroatoms. The molecule has 0 saturated carbocycles. The van der Waals surface area contributed by atoms with Gasteiger partial charge in [-0.25, -0.2) is 9.13 Å². The van der Waals surface area contributed by atoms with Crippen molar-refractivity contribution in [3.05, 3.63) is 24.3 Å². The van der Waals surface area contributed by atoms with Gasteiger partial charge in [0.25, 0.3) is 0 Å². The maximum atomic E-state index is 13.0. The van der Waals surface area contributed by atoms with Crippen LogP contribution in [0.1, 0.15) is 356 Å². The quantitative estimate of drug-likeness (QED) is 0.0169. The second-order valence-electron chi connectivity index (χ2n) is 25.9. The standard InChI is InChI=1S/C73H138O17P2/c1-6-10-13-16-19-22-24-26-28-29-30-31-33-35-37-39-42-48-53-58-72(77)89-68(62-84-71(76)57-52-47-41-38-36-34-32-27-25-23-20-17-14-11-7-2)64-87-91(79,80)85-60-67(74)61-86-92(81,82)88-65-69(63-83-70(75)56-51-46-40-21-18-15-12-8-3)90-73(78)59-54-49-44-43-45-50-55-66(5)9-4/h23,25,27,32,66-69,74H,6-22,24,26,28-31,33-65H2,1-5H3,(H,79,80)(H,81,82)/b25-23-,32-27-/t66?,67-,68-,69-/m1/s1. The molecule has 0 aromatic rings. The minimum atomic E-state index is -4.96. The predicted octanol–water partition coefficient (Wildman–Crippen LogP) is 20.9. The Morgan fingerprint density at radius 1 is 0.348 bits per heavy atom. The second-order valence-corrected chi connectivity index (χ2v) is 28.8. The SMILES string of the molecule is CCCCCC/C=C\C=C/CCCCCCCC(=O)OC[C@H](COP(=O)(O)OC[C@@H](O)COP(=O)(O)OC[C@@H](COC(=O)CCCCCCCCCC)OC(=O)CCCCCCCCC(C)CC)OC(=O)CCCCCCCCCCCCCCCCCCCCC. The van der Waals surface area contributed by atoms with Crippen molar-refractivity contribution in [2.24, 2.45) is 5.92 Å². The molecule has 0 bridgehead atoms. The van der Waals surface area contributed by atoms with E-state index in [2.05, 4.69) is 58.9 Å². The van der Waals surface area contributed by atoms with Gasteiger partial charge in [-0.3, -0.25) is 37.3 Å². The molecule has 0 saturated heterocycles. The van der Waals surface area contributed by atoms with Crippen molar-refractivity contribution in [1.29, 1.82) is 0 Å². The van der Waals surface area contributed by atoms with Crippen LogP contribution in [0.5, 0.6) is 0 Å². The molecule has 0 radical (unpaired) electrons. The van der Waals surface area contributed by atoms with Gasteiger partial charge in [0.2, 0.25) is 0 Å². The summed E-state index contributed by atoms with van der Waals surface area (Å²) in [5, 5.41) is 10.6. The van der Waals surface area contributed by atoms with Crippen molar-refractivity contribution < 1.29 is 80.2 Å². The number of hydrogen-bond donors (Lipinski definition) is 3. The largest absolute Gasteiger partial charge is 0.472 e. The number of phosphoric acid groups is 2. The van der Waals surface area contributed by atoms with Gasteiger partial charge in [0, 0.05) is 25.7 Å². The van der Waals surface area contributed by atoms with Gasteiger partial charge in [0.05, 0.1) is 26.4 Å². The van der Waals surface area contributed by atoms with Crippen LogP contribution in [0.4, 0.5) is 0 Å². The van der Waals surface area contributed by atoms with Crippen LogP contribution in [0, 0.1) is 5.92 Å². The highest BCUT2D eigenvalue weighted by Gasteiger charge is 2.30. The Kier molecular flexibility index (Phi) is 64.0. The highest BCUT2D eigenvalue weighted by molar-refractivity contribution is 7.47. The minimum absolute atomic E-state index is 0.101. The summed E-state index contributed by atoms with van der Waals surface area (Å²) in [6, 6.07) is 0. The molecular formula is C73H138O17P2. The minimum Gasteiger partial charge on any atom is -0.462 e. The number of ether oxygens (including phenoxy) is 4. The van der Waals surface area contributed by atoms with Gasteiger partial charge in [0.15, 0.2) is 12.2 Å². The number of aliphatic hydroxyl groups is 1. The Hall–Kier alpha value is -2.46. The van der Waals surface area contributed by atoms with Crippen molar-refractivity contribution in [3.8, 4) is 0 Å². The number of rotatable bonds is 71. The van der Waals surface area contributed by atoms with Gasteiger partial charge in [-0.15, -0.1) is 0 Å². The first kappa shape index (κ1) is 89.5. The fraction of sp³-hybridized carbons (Fsp3) is 0.890. The molecular weight excluding hydrogens is 1210 g/mol. The van der Waals surface area contributed by atoms with Crippen LogP contribution in [-0.2, 0) is 65.4 Å². The van der Waals surface area contributed by atoms with Crippen LogP contribution in [0.15, 0.2) is 24.3 Å². The Morgan fingerprint density at radius 3 is 0.924 bits per heavy atom. The molecule has 0 aromatic carbocycles. The molecule has 0 spiro atoms. The summed E-state index contributed by atoms with van der Waals surface area (Å²) in [5.74, 6) is -1.44. The van der Waals surface area contributed by atoms with Crippen molar-refractivity contribution in [2.45, 2.75) is 374 Å². The second kappa shape index (κ2) is 65.8. The summed E-state index contributed by atoms with van der Waals surface area (Å²) in [7, 11) is -9.91. The molecule has 0 rings (SSSR count). The maximum absolute atomic E-state index is 13.0. The average Bonchev–Trinajstić information content (AvgIpc) is 2.24. The van der Waals surface area contributed by atoms with Crippen LogP contribution in [0.3, 0.4) is 0 Å². The van der Waals surface area contributed by atoms with Crippen LogP contribution in [0.2, 0.25) is 0 Å². The summed E-state index contributed by atoms with van der Waals surface area (Å²) in [6.45, 7) is 7.12. The smallest absolute Gasteiger partial charge is 0.462 e. The molecule has 0 aromatic heterocycles. The number of phosphoric ester groups is 2. The molecule has 0 aliphatic carbocycles. The van der Waals surface area contributed by atoms with E-state index >= 15 is 0 Å².